The van der Waals surface area contributed by atoms with Gasteiger partial charge in [-0.15, -0.1) is 0 Å². The minimum Gasteiger partial charge on any atom is -0.494 e. The van der Waals surface area contributed by atoms with E-state index < -0.39 is 5.97 Å². The van der Waals surface area contributed by atoms with Gasteiger partial charge >= 0.3 is 5.97 Å². The van der Waals surface area contributed by atoms with E-state index in [4.69, 9.17) is 9.84 Å². The van der Waals surface area contributed by atoms with Crippen LogP contribution in [0.25, 0.3) is 0 Å². The zero-order chi connectivity index (χ0) is 17.7. The summed E-state index contributed by atoms with van der Waals surface area (Å²) in [5.74, 6) is 1.08. The quantitative estimate of drug-likeness (QED) is 0.510. The second kappa shape index (κ2) is 11.9. The highest BCUT2D eigenvalue weighted by atomic mass is 16.5. The van der Waals surface area contributed by atoms with Gasteiger partial charge in [-0.25, -0.2) is 0 Å². The summed E-state index contributed by atoms with van der Waals surface area (Å²) in [5, 5.41) is 12.4. The first-order valence-electron chi connectivity index (χ1n) is 9.89. The first-order valence-corrected chi connectivity index (χ1v) is 9.89. The number of aliphatic carboxylic acids is 1. The summed E-state index contributed by atoms with van der Waals surface area (Å²) in [5.41, 5.74) is 0. The Morgan fingerprint density at radius 2 is 1.88 bits per heavy atom. The second-order valence-corrected chi connectivity index (χ2v) is 7.11. The third-order valence-corrected chi connectivity index (χ3v) is 5.11. The van der Waals surface area contributed by atoms with E-state index in [1.807, 2.05) is 30.3 Å². The van der Waals surface area contributed by atoms with Gasteiger partial charge in [0.1, 0.15) is 5.75 Å². The van der Waals surface area contributed by atoms with Crippen molar-refractivity contribution in [2.75, 3.05) is 13.2 Å². The van der Waals surface area contributed by atoms with E-state index in [9.17, 15) is 4.79 Å². The van der Waals surface area contributed by atoms with Crippen molar-refractivity contribution in [3.8, 4) is 5.75 Å². The molecule has 0 radical (unpaired) electrons. The van der Waals surface area contributed by atoms with E-state index in [0.717, 1.165) is 44.1 Å². The molecule has 1 aromatic rings. The SMILES string of the molecule is O=C(O)CCCCCCC1CCCC1NCCCOc1ccccc1. The van der Waals surface area contributed by atoms with Crippen LogP contribution >= 0.6 is 0 Å². The molecule has 0 aromatic heterocycles. The first kappa shape index (κ1) is 19.8. The number of hydrogen-bond donors (Lipinski definition) is 2. The van der Waals surface area contributed by atoms with E-state index in [1.165, 1.54) is 38.5 Å². The Bertz CT molecular complexity index is 477. The van der Waals surface area contributed by atoms with Crippen molar-refractivity contribution in [1.82, 2.24) is 5.32 Å². The van der Waals surface area contributed by atoms with E-state index in [2.05, 4.69) is 5.32 Å². The van der Waals surface area contributed by atoms with Gasteiger partial charge in [-0.2, -0.15) is 0 Å². The molecule has 1 aliphatic carbocycles. The van der Waals surface area contributed by atoms with E-state index in [1.54, 1.807) is 0 Å². The lowest BCUT2D eigenvalue weighted by Crippen LogP contribution is -2.33. The third-order valence-electron chi connectivity index (χ3n) is 5.11. The highest BCUT2D eigenvalue weighted by molar-refractivity contribution is 5.66. The zero-order valence-corrected chi connectivity index (χ0v) is 15.3. The number of unbranched alkanes of at least 4 members (excludes halogenated alkanes) is 3. The summed E-state index contributed by atoms with van der Waals surface area (Å²) in [6.45, 7) is 1.78. The summed E-state index contributed by atoms with van der Waals surface area (Å²) >= 11 is 0. The van der Waals surface area contributed by atoms with Crippen molar-refractivity contribution in [1.29, 1.82) is 0 Å². The van der Waals surface area contributed by atoms with Gasteiger partial charge in [0, 0.05) is 12.5 Å². The molecule has 4 heteroatoms. The molecule has 0 spiro atoms. The van der Waals surface area contributed by atoms with E-state index in [-0.39, 0.29) is 0 Å². The van der Waals surface area contributed by atoms with Gasteiger partial charge in [0.25, 0.3) is 0 Å². The predicted octanol–water partition coefficient (Wildman–Crippen LogP) is 4.64. The summed E-state index contributed by atoms with van der Waals surface area (Å²) < 4.78 is 5.73. The number of nitrogens with one attached hydrogen (secondary N) is 1. The molecule has 0 heterocycles. The van der Waals surface area contributed by atoms with Crippen LogP contribution in [0.15, 0.2) is 30.3 Å². The number of rotatable bonds is 13. The van der Waals surface area contributed by atoms with Crippen molar-refractivity contribution in [3.05, 3.63) is 30.3 Å². The lowest BCUT2D eigenvalue weighted by molar-refractivity contribution is -0.137. The fourth-order valence-corrected chi connectivity index (χ4v) is 3.75. The normalized spacial score (nSPS) is 19.8. The van der Waals surface area contributed by atoms with Gasteiger partial charge in [0.05, 0.1) is 6.61 Å². The summed E-state index contributed by atoms with van der Waals surface area (Å²) in [4.78, 5) is 10.5. The average Bonchev–Trinajstić information content (AvgIpc) is 3.06. The Balaban J connectivity index is 1.50. The van der Waals surface area contributed by atoms with Crippen LogP contribution in [0.1, 0.15) is 64.2 Å². The molecule has 1 fully saturated rings. The molecule has 2 atom stereocenters. The molecule has 4 nitrogen and oxygen atoms in total. The van der Waals surface area contributed by atoms with Crippen LogP contribution in [0, 0.1) is 5.92 Å². The molecule has 25 heavy (non-hydrogen) atoms. The Morgan fingerprint density at radius 3 is 2.68 bits per heavy atom. The van der Waals surface area contributed by atoms with Crippen LogP contribution in [-0.2, 0) is 4.79 Å². The molecule has 0 saturated heterocycles. The second-order valence-electron chi connectivity index (χ2n) is 7.11. The summed E-state index contributed by atoms with van der Waals surface area (Å²) in [6, 6.07) is 10.7. The number of benzene rings is 1. The largest absolute Gasteiger partial charge is 0.494 e. The van der Waals surface area contributed by atoms with Gasteiger partial charge in [-0.1, -0.05) is 43.9 Å². The molecule has 1 saturated carbocycles. The summed E-state index contributed by atoms with van der Waals surface area (Å²) in [6.07, 6.45) is 10.9. The standard InChI is InChI=1S/C21H33NO3/c23-21(24)15-7-2-1-4-10-18-11-8-14-20(18)22-16-9-17-25-19-12-5-3-6-13-19/h3,5-6,12-13,18,20,22H,1-2,4,7-11,14-17H2,(H,23,24). The number of carbonyl (C=O) groups is 1. The molecule has 2 rings (SSSR count). The Hall–Kier alpha value is -1.55. The molecule has 0 aliphatic heterocycles. The van der Waals surface area contributed by atoms with Crippen LogP contribution in [0.5, 0.6) is 5.75 Å². The van der Waals surface area contributed by atoms with Gasteiger partial charge in [-0.3, -0.25) is 4.79 Å². The number of para-hydroxylation sites is 1. The van der Waals surface area contributed by atoms with Gasteiger partial charge in [0.2, 0.25) is 0 Å². The average molecular weight is 347 g/mol. The number of carboxylic acid groups (broad SMARTS) is 1. The lowest BCUT2D eigenvalue weighted by Gasteiger charge is -2.21. The van der Waals surface area contributed by atoms with Crippen LogP contribution in [0.2, 0.25) is 0 Å². The van der Waals surface area contributed by atoms with Crippen LogP contribution in [0.4, 0.5) is 0 Å². The Kier molecular flexibility index (Phi) is 9.42. The molecule has 2 N–H and O–H groups in total. The maximum Gasteiger partial charge on any atom is 0.303 e. The maximum absolute atomic E-state index is 10.5. The van der Waals surface area contributed by atoms with Crippen molar-refractivity contribution in [2.45, 2.75) is 70.3 Å². The van der Waals surface area contributed by atoms with Crippen LogP contribution < -0.4 is 10.1 Å². The number of hydrogen-bond acceptors (Lipinski definition) is 3. The topological polar surface area (TPSA) is 58.6 Å². The Labute approximate surface area is 152 Å². The van der Waals surface area contributed by atoms with Crippen molar-refractivity contribution < 1.29 is 14.6 Å². The highest BCUT2D eigenvalue weighted by Gasteiger charge is 2.25. The van der Waals surface area contributed by atoms with Crippen LogP contribution in [-0.4, -0.2) is 30.3 Å². The molecule has 1 aliphatic rings. The van der Waals surface area contributed by atoms with Crippen molar-refractivity contribution >= 4 is 5.97 Å². The molecule has 1 aromatic carbocycles. The molecule has 0 amide bonds. The molecule has 140 valence electrons. The van der Waals surface area contributed by atoms with E-state index >= 15 is 0 Å². The lowest BCUT2D eigenvalue weighted by atomic mass is 9.95. The minimum absolute atomic E-state index is 0.318. The fourth-order valence-electron chi connectivity index (χ4n) is 3.75. The monoisotopic (exact) mass is 347 g/mol. The van der Waals surface area contributed by atoms with E-state index in [0.29, 0.717) is 12.5 Å². The smallest absolute Gasteiger partial charge is 0.303 e. The number of ether oxygens (including phenoxy) is 1. The highest BCUT2D eigenvalue weighted by Crippen LogP contribution is 2.30. The minimum atomic E-state index is -0.670. The zero-order valence-electron chi connectivity index (χ0n) is 15.3. The van der Waals surface area contributed by atoms with Gasteiger partial charge < -0.3 is 15.2 Å². The molecular formula is C21H33NO3. The molecule has 2 unspecified atom stereocenters. The van der Waals surface area contributed by atoms with Crippen LogP contribution in [0.3, 0.4) is 0 Å². The molecular weight excluding hydrogens is 314 g/mol. The Morgan fingerprint density at radius 1 is 1.08 bits per heavy atom. The first-order chi connectivity index (χ1) is 12.3. The van der Waals surface area contributed by atoms with Crippen molar-refractivity contribution in [2.24, 2.45) is 5.92 Å². The van der Waals surface area contributed by atoms with Crippen molar-refractivity contribution in [3.63, 3.8) is 0 Å². The molecule has 0 bridgehead atoms. The predicted molar refractivity (Wildman–Crippen MR) is 101 cm³/mol. The third kappa shape index (κ3) is 8.39. The van der Waals surface area contributed by atoms with Gasteiger partial charge in [0.15, 0.2) is 0 Å². The fraction of sp³-hybridized carbons (Fsp3) is 0.667. The number of carboxylic acids is 1. The summed E-state index contributed by atoms with van der Waals surface area (Å²) in [7, 11) is 0. The maximum atomic E-state index is 10.5. The van der Waals surface area contributed by atoms with Gasteiger partial charge in [-0.05, 0) is 56.7 Å².